The molecule has 168 valence electrons. The summed E-state index contributed by atoms with van der Waals surface area (Å²) in [5, 5.41) is 24.8. The van der Waals surface area contributed by atoms with E-state index in [1.807, 2.05) is 32.0 Å². The Kier molecular flexibility index (Phi) is 6.55. The Morgan fingerprint density at radius 2 is 2.03 bits per heavy atom. The van der Waals surface area contributed by atoms with Gasteiger partial charge in [-0.05, 0) is 57.1 Å². The molecule has 0 amide bonds. The maximum atomic E-state index is 12.5. The van der Waals surface area contributed by atoms with Crippen molar-refractivity contribution in [2.24, 2.45) is 5.92 Å². The van der Waals surface area contributed by atoms with Crippen molar-refractivity contribution in [2.45, 2.75) is 70.1 Å². The van der Waals surface area contributed by atoms with Crippen LogP contribution in [0.3, 0.4) is 0 Å². The Hall–Kier alpha value is -2.09. The zero-order valence-corrected chi connectivity index (χ0v) is 18.5. The number of rotatable bonds is 8. The van der Waals surface area contributed by atoms with E-state index in [2.05, 4.69) is 20.2 Å². The minimum atomic E-state index is -0.916. The lowest BCUT2D eigenvalue weighted by atomic mass is 9.76. The number of fused-ring (bicyclic) bond motifs is 1. The van der Waals surface area contributed by atoms with Crippen LogP contribution >= 0.6 is 0 Å². The molecule has 1 aromatic carbocycles. The zero-order chi connectivity index (χ0) is 22.0. The fourth-order valence-corrected chi connectivity index (χ4v) is 5.11. The van der Waals surface area contributed by atoms with Crippen molar-refractivity contribution in [1.29, 1.82) is 0 Å². The lowest BCUT2D eigenvalue weighted by Gasteiger charge is -2.48. The minimum absolute atomic E-state index is 0.202. The summed E-state index contributed by atoms with van der Waals surface area (Å²) in [5.41, 5.74) is 1.09. The van der Waals surface area contributed by atoms with E-state index < -0.39 is 11.7 Å². The molecule has 0 spiro atoms. The molecule has 1 saturated carbocycles. The molecule has 1 saturated heterocycles. The number of nitrogens with one attached hydrogen (secondary N) is 1. The van der Waals surface area contributed by atoms with Gasteiger partial charge < -0.3 is 15.5 Å². The molecule has 31 heavy (non-hydrogen) atoms. The van der Waals surface area contributed by atoms with Crippen molar-refractivity contribution in [3.05, 3.63) is 30.1 Å². The van der Waals surface area contributed by atoms with Gasteiger partial charge in [-0.2, -0.15) is 0 Å². The van der Waals surface area contributed by atoms with E-state index in [9.17, 15) is 15.0 Å². The van der Waals surface area contributed by atoms with Crippen molar-refractivity contribution in [3.63, 3.8) is 0 Å². The largest absolute Gasteiger partial charge is 0.390 e. The number of carbonyl (C=O) groups excluding carboxylic acids is 1. The number of aryl methyl sites for hydroxylation is 1. The molecule has 1 aliphatic carbocycles. The molecular weight excluding hydrogens is 392 g/mol. The van der Waals surface area contributed by atoms with E-state index in [4.69, 9.17) is 0 Å². The molecule has 7 nitrogen and oxygen atoms in total. The van der Waals surface area contributed by atoms with Crippen LogP contribution in [0.2, 0.25) is 0 Å². The number of carbonyl (C=O) groups is 1. The van der Waals surface area contributed by atoms with Gasteiger partial charge in [0.2, 0.25) is 0 Å². The van der Waals surface area contributed by atoms with Gasteiger partial charge in [0.25, 0.3) is 0 Å². The van der Waals surface area contributed by atoms with Gasteiger partial charge in [-0.3, -0.25) is 9.69 Å². The first-order valence-electron chi connectivity index (χ1n) is 11.5. The fourth-order valence-electron chi connectivity index (χ4n) is 5.11. The van der Waals surface area contributed by atoms with Crippen LogP contribution in [0.5, 0.6) is 0 Å². The van der Waals surface area contributed by atoms with E-state index in [0.717, 1.165) is 42.4 Å². The summed E-state index contributed by atoms with van der Waals surface area (Å²) >= 11 is 0. The summed E-state index contributed by atoms with van der Waals surface area (Å²) < 4.78 is 0. The van der Waals surface area contributed by atoms with Crippen molar-refractivity contribution >= 4 is 22.5 Å². The molecule has 1 atom stereocenters. The van der Waals surface area contributed by atoms with E-state index >= 15 is 0 Å². The maximum Gasteiger partial charge on any atom is 0.152 e. The molecule has 3 N–H and O–H groups in total. The normalized spacial score (nSPS) is 25.9. The van der Waals surface area contributed by atoms with Gasteiger partial charge in [0.1, 0.15) is 12.1 Å². The second-order valence-corrected chi connectivity index (χ2v) is 9.42. The van der Waals surface area contributed by atoms with Crippen LogP contribution in [0.15, 0.2) is 24.5 Å². The number of hydrogen-bond donors (Lipinski definition) is 3. The molecule has 2 fully saturated rings. The third-order valence-electron chi connectivity index (χ3n) is 7.09. The third-order valence-corrected chi connectivity index (χ3v) is 7.09. The Morgan fingerprint density at radius 1 is 1.29 bits per heavy atom. The minimum Gasteiger partial charge on any atom is -0.390 e. The summed E-state index contributed by atoms with van der Waals surface area (Å²) in [5.74, 6) is 1.31. The molecule has 2 heterocycles. The fraction of sp³-hybridized carbons (Fsp3) is 0.625. The number of likely N-dealkylation sites (tertiary alicyclic amines) is 1. The highest BCUT2D eigenvalue weighted by atomic mass is 16.3. The molecule has 1 aliphatic heterocycles. The second kappa shape index (κ2) is 9.18. The SMILES string of the molecule is CCC(O)C1(O)CCC(N2CC(CC(=O)CNc3ncnc4ccc(C)cc34)C2)CC1. The van der Waals surface area contributed by atoms with Crippen molar-refractivity contribution in [2.75, 3.05) is 25.0 Å². The molecule has 7 heteroatoms. The Balaban J connectivity index is 1.21. The van der Waals surface area contributed by atoms with Crippen LogP contribution < -0.4 is 5.32 Å². The van der Waals surface area contributed by atoms with E-state index in [-0.39, 0.29) is 12.3 Å². The number of nitrogens with zero attached hydrogens (tertiary/aromatic N) is 3. The van der Waals surface area contributed by atoms with Gasteiger partial charge in [0.15, 0.2) is 5.78 Å². The van der Waals surface area contributed by atoms with Gasteiger partial charge >= 0.3 is 0 Å². The van der Waals surface area contributed by atoms with E-state index in [1.54, 1.807) is 0 Å². The highest BCUT2D eigenvalue weighted by Crippen LogP contribution is 2.37. The maximum absolute atomic E-state index is 12.5. The molecular formula is C24H34N4O3. The van der Waals surface area contributed by atoms with Crippen LogP contribution in [0.25, 0.3) is 10.9 Å². The zero-order valence-electron chi connectivity index (χ0n) is 18.5. The lowest BCUT2D eigenvalue weighted by molar-refractivity contribution is -0.123. The first kappa shape index (κ1) is 22.1. The standard InChI is InChI=1S/C24H34N4O3/c1-3-22(30)24(31)8-6-18(7-9-24)28-13-17(14-28)11-19(29)12-25-23-20-10-16(2)4-5-21(20)26-15-27-23/h4-5,10,15,17-18,22,30-31H,3,6-9,11-14H2,1-2H3,(H,25,26,27). The van der Waals surface area contributed by atoms with Gasteiger partial charge in [0.05, 0.1) is 23.8 Å². The number of hydrogen-bond acceptors (Lipinski definition) is 7. The first-order valence-corrected chi connectivity index (χ1v) is 11.5. The van der Waals surface area contributed by atoms with Crippen LogP contribution in [-0.4, -0.2) is 68.2 Å². The topological polar surface area (TPSA) is 98.6 Å². The molecule has 4 rings (SSSR count). The number of anilines is 1. The van der Waals surface area contributed by atoms with Crippen LogP contribution in [0, 0.1) is 12.8 Å². The smallest absolute Gasteiger partial charge is 0.152 e. The summed E-state index contributed by atoms with van der Waals surface area (Å²) in [6, 6.07) is 6.49. The third kappa shape index (κ3) is 4.89. The van der Waals surface area contributed by atoms with Crippen LogP contribution in [0.1, 0.15) is 51.0 Å². The predicted molar refractivity (Wildman–Crippen MR) is 121 cm³/mol. The Labute approximate surface area is 183 Å². The number of aliphatic hydroxyl groups excluding tert-OH is 1. The van der Waals surface area contributed by atoms with E-state index in [1.165, 1.54) is 6.33 Å². The van der Waals surface area contributed by atoms with E-state index in [0.29, 0.717) is 43.5 Å². The molecule has 1 unspecified atom stereocenters. The quantitative estimate of drug-likeness (QED) is 0.597. The van der Waals surface area contributed by atoms with Gasteiger partial charge in [-0.15, -0.1) is 0 Å². The average molecular weight is 427 g/mol. The predicted octanol–water partition coefficient (Wildman–Crippen LogP) is 2.69. The molecule has 2 aliphatic rings. The van der Waals surface area contributed by atoms with Gasteiger partial charge in [0, 0.05) is 30.9 Å². The highest BCUT2D eigenvalue weighted by molar-refractivity contribution is 5.91. The number of aliphatic hydroxyl groups is 2. The van der Waals surface area contributed by atoms with Crippen molar-refractivity contribution in [3.8, 4) is 0 Å². The Bertz CT molecular complexity index is 920. The summed E-state index contributed by atoms with van der Waals surface area (Å²) in [6.07, 6.45) is 5.21. The summed E-state index contributed by atoms with van der Waals surface area (Å²) in [4.78, 5) is 23.5. The number of ketones is 1. The lowest BCUT2D eigenvalue weighted by Crippen LogP contribution is -2.56. The summed E-state index contributed by atoms with van der Waals surface area (Å²) in [6.45, 7) is 6.11. The monoisotopic (exact) mass is 426 g/mol. The Morgan fingerprint density at radius 3 is 2.74 bits per heavy atom. The van der Waals surface area contributed by atoms with Crippen molar-refractivity contribution < 1.29 is 15.0 Å². The highest BCUT2D eigenvalue weighted by Gasteiger charge is 2.42. The molecule has 0 bridgehead atoms. The first-order chi connectivity index (χ1) is 14.9. The van der Waals surface area contributed by atoms with Gasteiger partial charge in [-0.1, -0.05) is 18.6 Å². The summed E-state index contributed by atoms with van der Waals surface area (Å²) in [7, 11) is 0. The number of benzene rings is 1. The second-order valence-electron chi connectivity index (χ2n) is 9.42. The molecule has 0 radical (unpaired) electrons. The molecule has 1 aromatic heterocycles. The van der Waals surface area contributed by atoms with Crippen LogP contribution in [0.4, 0.5) is 5.82 Å². The van der Waals surface area contributed by atoms with Gasteiger partial charge in [-0.25, -0.2) is 9.97 Å². The number of Topliss-reactive ketones (excluding diaryl/α,β-unsaturated/α-hetero) is 1. The average Bonchev–Trinajstić information content (AvgIpc) is 2.74. The van der Waals surface area contributed by atoms with Crippen molar-refractivity contribution in [1.82, 2.24) is 14.9 Å². The molecule has 2 aromatic rings. The number of aromatic nitrogens is 2. The van der Waals surface area contributed by atoms with Crippen LogP contribution in [-0.2, 0) is 4.79 Å².